The molecule has 2 atom stereocenters. The lowest BCUT2D eigenvalue weighted by Gasteiger charge is -2.31. The average molecular weight is 288 g/mol. The van der Waals surface area contributed by atoms with Gasteiger partial charge in [-0.3, -0.25) is 0 Å². The molecule has 2 unspecified atom stereocenters. The quantitative estimate of drug-likeness (QED) is 0.512. The number of hydrogen-bond donors (Lipinski definition) is 0. The van der Waals surface area contributed by atoms with Gasteiger partial charge in [0.25, 0.3) is 0 Å². The monoisotopic (exact) mass is 288 g/mol. The first-order valence-electron chi connectivity index (χ1n) is 4.20. The molecule has 0 radical (unpaired) electrons. The van der Waals surface area contributed by atoms with Crippen molar-refractivity contribution >= 4 is 24.2 Å². The van der Waals surface area contributed by atoms with Gasteiger partial charge in [0, 0.05) is 5.92 Å². The SMILES string of the molecule is CC1=ICC(C)C(C(C)(F)F)C1. The van der Waals surface area contributed by atoms with E-state index < -0.39 is 11.8 Å². The van der Waals surface area contributed by atoms with Crippen LogP contribution < -0.4 is 0 Å². The zero-order valence-electron chi connectivity index (χ0n) is 7.70. The molecule has 72 valence electrons. The molecule has 1 rings (SSSR count). The van der Waals surface area contributed by atoms with Gasteiger partial charge in [0.05, 0.1) is 0 Å². The first-order valence-corrected chi connectivity index (χ1v) is 6.81. The van der Waals surface area contributed by atoms with E-state index >= 15 is 0 Å². The summed E-state index contributed by atoms with van der Waals surface area (Å²) in [6.07, 6.45) is 0.665. The minimum atomic E-state index is -2.48. The molecule has 0 aromatic heterocycles. The number of rotatable bonds is 1. The largest absolute Gasteiger partial charge is 0.248 e. The first-order chi connectivity index (χ1) is 5.41. The highest BCUT2D eigenvalue weighted by Crippen LogP contribution is 2.38. The fraction of sp³-hybridized carbons (Fsp3) is 0.889. The highest BCUT2D eigenvalue weighted by atomic mass is 127. The van der Waals surface area contributed by atoms with E-state index in [4.69, 9.17) is 0 Å². The lowest BCUT2D eigenvalue weighted by Crippen LogP contribution is -2.34. The summed E-state index contributed by atoms with van der Waals surface area (Å²) in [6.45, 7) is 5.07. The van der Waals surface area contributed by atoms with Crippen molar-refractivity contribution < 1.29 is 8.78 Å². The van der Waals surface area contributed by atoms with Crippen molar-refractivity contribution in [2.45, 2.75) is 33.1 Å². The molecular weight excluding hydrogens is 273 g/mol. The predicted molar refractivity (Wildman–Crippen MR) is 57.5 cm³/mol. The van der Waals surface area contributed by atoms with Gasteiger partial charge in [-0.15, -0.1) is 20.7 Å². The van der Waals surface area contributed by atoms with Crippen LogP contribution in [-0.4, -0.2) is 13.9 Å². The van der Waals surface area contributed by atoms with Crippen LogP contribution in [0.25, 0.3) is 0 Å². The molecule has 1 heterocycles. The zero-order valence-corrected chi connectivity index (χ0v) is 9.86. The van der Waals surface area contributed by atoms with Gasteiger partial charge < -0.3 is 0 Å². The van der Waals surface area contributed by atoms with Crippen molar-refractivity contribution in [3.05, 3.63) is 0 Å². The Morgan fingerprint density at radius 3 is 2.50 bits per heavy atom. The summed E-state index contributed by atoms with van der Waals surface area (Å²) in [5.41, 5.74) is 0. The third kappa shape index (κ3) is 2.47. The van der Waals surface area contributed by atoms with E-state index in [1.54, 1.807) is 0 Å². The topological polar surface area (TPSA) is 0 Å². The maximum atomic E-state index is 13.0. The van der Waals surface area contributed by atoms with Gasteiger partial charge in [0.2, 0.25) is 5.92 Å². The highest BCUT2D eigenvalue weighted by molar-refractivity contribution is 14.2. The van der Waals surface area contributed by atoms with Crippen molar-refractivity contribution in [3.63, 3.8) is 0 Å². The van der Waals surface area contributed by atoms with E-state index in [0.29, 0.717) is 6.42 Å². The molecule has 1 aliphatic rings. The van der Waals surface area contributed by atoms with E-state index in [-0.39, 0.29) is 26.6 Å². The number of halogens is 3. The Balaban J connectivity index is 2.72. The molecule has 0 amide bonds. The van der Waals surface area contributed by atoms with Crippen LogP contribution in [0.3, 0.4) is 0 Å². The summed E-state index contributed by atoms with van der Waals surface area (Å²) in [4.78, 5) is 0. The maximum Gasteiger partial charge on any atom is 0.248 e. The molecule has 0 fully saturated rings. The van der Waals surface area contributed by atoms with Gasteiger partial charge in [0.1, 0.15) is 0 Å². The smallest absolute Gasteiger partial charge is 0.207 e. The van der Waals surface area contributed by atoms with Crippen molar-refractivity contribution in [2.75, 3.05) is 4.43 Å². The van der Waals surface area contributed by atoms with Gasteiger partial charge in [-0.05, 0) is 34.1 Å². The van der Waals surface area contributed by atoms with E-state index in [2.05, 4.69) is 0 Å². The highest BCUT2D eigenvalue weighted by Gasteiger charge is 2.39. The Morgan fingerprint density at radius 1 is 1.50 bits per heavy atom. The zero-order chi connectivity index (χ0) is 9.35. The van der Waals surface area contributed by atoms with E-state index in [0.717, 1.165) is 11.4 Å². The van der Waals surface area contributed by atoms with E-state index in [1.807, 2.05) is 13.8 Å². The standard InChI is InChI=1S/C9H15F2I/c1-6-5-12-7(2)4-8(6)9(3,10)11/h6,8H,4-5H2,1-3H3. The van der Waals surface area contributed by atoms with Crippen LogP contribution in [0.15, 0.2) is 0 Å². The number of hydrogen-bond acceptors (Lipinski definition) is 0. The predicted octanol–water partition coefficient (Wildman–Crippen LogP) is 3.46. The summed E-state index contributed by atoms with van der Waals surface area (Å²) < 4.78 is 28.4. The number of alkyl halides is 3. The van der Waals surface area contributed by atoms with Gasteiger partial charge in [0.15, 0.2) is 0 Å². The van der Waals surface area contributed by atoms with Crippen molar-refractivity contribution in [2.24, 2.45) is 11.8 Å². The van der Waals surface area contributed by atoms with Crippen LogP contribution >= 0.6 is 20.7 Å². The summed E-state index contributed by atoms with van der Waals surface area (Å²) >= 11 is 0.120. The van der Waals surface area contributed by atoms with Crippen molar-refractivity contribution in [1.29, 1.82) is 0 Å². The molecule has 0 saturated heterocycles. The third-order valence-electron chi connectivity index (χ3n) is 2.39. The molecule has 1 aliphatic heterocycles. The molecule has 0 N–H and O–H groups in total. The lowest BCUT2D eigenvalue weighted by atomic mass is 9.86. The minimum Gasteiger partial charge on any atom is -0.207 e. The Morgan fingerprint density at radius 2 is 2.08 bits per heavy atom. The molecule has 3 heteroatoms. The molecule has 0 bridgehead atoms. The maximum absolute atomic E-state index is 13.0. The molecular formula is C9H15F2I. The van der Waals surface area contributed by atoms with E-state index in [9.17, 15) is 8.78 Å². The minimum absolute atomic E-state index is 0.120. The van der Waals surface area contributed by atoms with E-state index in [1.165, 1.54) is 3.51 Å². The normalized spacial score (nSPS) is 32.2. The second kappa shape index (κ2) is 3.68. The van der Waals surface area contributed by atoms with Gasteiger partial charge >= 0.3 is 0 Å². The fourth-order valence-electron chi connectivity index (χ4n) is 1.60. The molecule has 0 spiro atoms. The van der Waals surface area contributed by atoms with Crippen molar-refractivity contribution in [1.82, 2.24) is 0 Å². The molecule has 12 heavy (non-hydrogen) atoms. The Kier molecular flexibility index (Phi) is 3.23. The van der Waals surface area contributed by atoms with Crippen LogP contribution in [0.5, 0.6) is 0 Å². The third-order valence-corrected chi connectivity index (χ3v) is 5.96. The Bertz CT molecular complexity index is 193. The summed E-state index contributed by atoms with van der Waals surface area (Å²) in [7, 11) is 0. The summed E-state index contributed by atoms with van der Waals surface area (Å²) in [6, 6.07) is 0. The second-order valence-electron chi connectivity index (χ2n) is 3.71. The van der Waals surface area contributed by atoms with Crippen LogP contribution in [0, 0.1) is 11.8 Å². The summed E-state index contributed by atoms with van der Waals surface area (Å²) in [5.74, 6) is -2.65. The second-order valence-corrected chi connectivity index (χ2v) is 7.19. The average Bonchev–Trinajstić information content (AvgIpc) is 1.92. The van der Waals surface area contributed by atoms with Gasteiger partial charge in [-0.1, -0.05) is 6.92 Å². The first kappa shape index (κ1) is 10.5. The fourth-order valence-corrected chi connectivity index (χ4v) is 4.44. The lowest BCUT2D eigenvalue weighted by molar-refractivity contribution is -0.0533. The Labute approximate surface area is 82.5 Å². The van der Waals surface area contributed by atoms with Crippen LogP contribution in [0.2, 0.25) is 0 Å². The summed E-state index contributed by atoms with van der Waals surface area (Å²) in [5, 5.41) is 0. The molecule has 0 aliphatic carbocycles. The molecule has 0 saturated carbocycles. The molecule has 0 nitrogen and oxygen atoms in total. The van der Waals surface area contributed by atoms with Gasteiger partial charge in [-0.25, -0.2) is 8.78 Å². The van der Waals surface area contributed by atoms with Crippen LogP contribution in [0.1, 0.15) is 27.2 Å². The van der Waals surface area contributed by atoms with Crippen LogP contribution in [-0.2, 0) is 0 Å². The molecule has 0 aromatic carbocycles. The van der Waals surface area contributed by atoms with Crippen LogP contribution in [0.4, 0.5) is 8.78 Å². The Hall–Kier alpha value is 0.460. The van der Waals surface area contributed by atoms with Crippen molar-refractivity contribution in [3.8, 4) is 0 Å². The van der Waals surface area contributed by atoms with Gasteiger partial charge in [-0.2, -0.15) is 0 Å². The molecule has 0 aromatic rings.